The summed E-state index contributed by atoms with van der Waals surface area (Å²) in [5, 5.41) is 13.9. The molecular weight excluding hydrogens is 316 g/mol. The predicted molar refractivity (Wildman–Crippen MR) is 79.9 cm³/mol. The summed E-state index contributed by atoms with van der Waals surface area (Å²) in [6, 6.07) is 12.8. The van der Waals surface area contributed by atoms with Crippen molar-refractivity contribution in [1.29, 1.82) is 0 Å². The van der Waals surface area contributed by atoms with Crippen LogP contribution in [0.25, 0.3) is 0 Å². The molecule has 110 valence electrons. The van der Waals surface area contributed by atoms with E-state index in [1.165, 1.54) is 12.1 Å². The minimum atomic E-state index is -4.00. The largest absolute Gasteiger partial charge is 0.375 e. The van der Waals surface area contributed by atoms with Gasteiger partial charge in [-0.2, -0.15) is 0 Å². The lowest BCUT2D eigenvalue weighted by atomic mass is 10.2. The van der Waals surface area contributed by atoms with Crippen molar-refractivity contribution in [3.63, 3.8) is 0 Å². The molecule has 21 heavy (non-hydrogen) atoms. The van der Waals surface area contributed by atoms with E-state index >= 15 is 0 Å². The molecule has 0 aromatic heterocycles. The average Bonchev–Trinajstić information content (AvgIpc) is 2.45. The van der Waals surface area contributed by atoms with Crippen molar-refractivity contribution in [2.75, 3.05) is 5.32 Å². The van der Waals surface area contributed by atoms with Gasteiger partial charge in [0.05, 0.1) is 9.82 Å². The summed E-state index contributed by atoms with van der Waals surface area (Å²) in [5.41, 5.74) is 0.835. The Labute approximate surface area is 125 Å². The molecule has 0 atom stereocenters. The molecule has 2 aromatic carbocycles. The van der Waals surface area contributed by atoms with E-state index in [1.807, 2.05) is 30.3 Å². The van der Waals surface area contributed by atoms with Crippen molar-refractivity contribution < 1.29 is 13.3 Å². The first-order valence-corrected chi connectivity index (χ1v) is 8.20. The highest BCUT2D eigenvalue weighted by atomic mass is 35.7. The van der Waals surface area contributed by atoms with Crippen molar-refractivity contribution in [1.82, 2.24) is 0 Å². The van der Waals surface area contributed by atoms with E-state index in [0.29, 0.717) is 6.54 Å². The molecule has 8 heteroatoms. The lowest BCUT2D eigenvalue weighted by Crippen LogP contribution is -2.03. The summed E-state index contributed by atoms with van der Waals surface area (Å²) in [7, 11) is 1.19. The van der Waals surface area contributed by atoms with E-state index in [2.05, 4.69) is 5.32 Å². The van der Waals surface area contributed by atoms with Crippen LogP contribution in [-0.2, 0) is 15.6 Å². The van der Waals surface area contributed by atoms with E-state index in [1.54, 1.807) is 0 Å². The van der Waals surface area contributed by atoms with E-state index < -0.39 is 14.0 Å². The third kappa shape index (κ3) is 3.93. The number of nitro groups is 1. The minimum Gasteiger partial charge on any atom is -0.375 e. The lowest BCUT2D eigenvalue weighted by molar-refractivity contribution is -0.384. The molecule has 2 rings (SSSR count). The first-order chi connectivity index (χ1) is 9.88. The van der Waals surface area contributed by atoms with E-state index in [4.69, 9.17) is 10.7 Å². The number of benzene rings is 2. The van der Waals surface area contributed by atoms with Crippen molar-refractivity contribution in [2.45, 2.75) is 11.4 Å². The van der Waals surface area contributed by atoms with Gasteiger partial charge in [-0.25, -0.2) is 8.42 Å². The van der Waals surface area contributed by atoms with Crippen molar-refractivity contribution in [3.05, 3.63) is 64.2 Å². The second-order valence-electron chi connectivity index (χ2n) is 4.21. The summed E-state index contributed by atoms with van der Waals surface area (Å²) < 4.78 is 22.4. The average molecular weight is 327 g/mol. The van der Waals surface area contributed by atoms with Gasteiger partial charge in [-0.1, -0.05) is 30.3 Å². The molecule has 0 fully saturated rings. The maximum Gasteiger partial charge on any atom is 0.293 e. The van der Waals surface area contributed by atoms with Gasteiger partial charge < -0.3 is 5.32 Å². The Hall–Kier alpha value is -2.12. The van der Waals surface area contributed by atoms with Crippen LogP contribution in [0.4, 0.5) is 11.4 Å². The normalized spacial score (nSPS) is 11.1. The monoisotopic (exact) mass is 326 g/mol. The van der Waals surface area contributed by atoms with Crippen LogP contribution >= 0.6 is 10.7 Å². The van der Waals surface area contributed by atoms with Gasteiger partial charge in [0.25, 0.3) is 14.7 Å². The molecule has 0 bridgehead atoms. The first kappa shape index (κ1) is 15.3. The second kappa shape index (κ2) is 6.11. The zero-order chi connectivity index (χ0) is 15.5. The molecule has 0 aliphatic rings. The van der Waals surface area contributed by atoms with Gasteiger partial charge in [-0.3, -0.25) is 10.1 Å². The SMILES string of the molecule is O=[N+]([O-])c1cc(S(=O)(=O)Cl)ccc1NCc1ccccc1. The summed E-state index contributed by atoms with van der Waals surface area (Å²) in [6.45, 7) is 0.384. The van der Waals surface area contributed by atoms with Crippen LogP contribution in [0.15, 0.2) is 53.4 Å². The maximum absolute atomic E-state index is 11.2. The predicted octanol–water partition coefficient (Wildman–Crippen LogP) is 3.13. The molecule has 1 N–H and O–H groups in total. The molecule has 0 amide bonds. The van der Waals surface area contributed by atoms with E-state index in [-0.39, 0.29) is 16.3 Å². The quantitative estimate of drug-likeness (QED) is 0.518. The third-order valence-electron chi connectivity index (χ3n) is 2.77. The maximum atomic E-state index is 11.2. The van der Waals surface area contributed by atoms with Gasteiger partial charge in [-0.05, 0) is 17.7 Å². The summed E-state index contributed by atoms with van der Waals surface area (Å²) in [6.07, 6.45) is 0. The van der Waals surface area contributed by atoms with Crippen LogP contribution in [-0.4, -0.2) is 13.3 Å². The topological polar surface area (TPSA) is 89.3 Å². The number of hydrogen-bond acceptors (Lipinski definition) is 5. The van der Waals surface area contributed by atoms with Crippen molar-refractivity contribution in [2.24, 2.45) is 0 Å². The summed E-state index contributed by atoms with van der Waals surface area (Å²) >= 11 is 0. The lowest BCUT2D eigenvalue weighted by Gasteiger charge is -2.08. The Balaban J connectivity index is 2.29. The molecule has 0 saturated heterocycles. The Kier molecular flexibility index (Phi) is 4.44. The number of rotatable bonds is 5. The molecule has 0 spiro atoms. The van der Waals surface area contributed by atoms with Crippen LogP contribution in [0.3, 0.4) is 0 Å². The van der Waals surface area contributed by atoms with Gasteiger partial charge in [0.15, 0.2) is 0 Å². The van der Waals surface area contributed by atoms with Crippen molar-refractivity contribution >= 4 is 31.1 Å². The number of hydrogen-bond donors (Lipinski definition) is 1. The highest BCUT2D eigenvalue weighted by molar-refractivity contribution is 8.13. The number of nitrogens with one attached hydrogen (secondary N) is 1. The zero-order valence-corrected chi connectivity index (χ0v) is 12.3. The highest BCUT2D eigenvalue weighted by Gasteiger charge is 2.19. The molecule has 0 radical (unpaired) electrons. The standard InChI is InChI=1S/C13H11ClN2O4S/c14-21(19,20)11-6-7-12(13(8-11)16(17)18)15-9-10-4-2-1-3-5-10/h1-8,15H,9H2. The smallest absolute Gasteiger partial charge is 0.293 e. The molecule has 0 unspecified atom stereocenters. The third-order valence-corrected chi connectivity index (χ3v) is 4.12. The molecule has 0 aliphatic carbocycles. The fraction of sp³-hybridized carbons (Fsp3) is 0.0769. The van der Waals surface area contributed by atoms with Crippen LogP contribution in [0.2, 0.25) is 0 Å². The fourth-order valence-electron chi connectivity index (χ4n) is 1.76. The first-order valence-electron chi connectivity index (χ1n) is 5.89. The second-order valence-corrected chi connectivity index (χ2v) is 6.78. The van der Waals surface area contributed by atoms with Crippen LogP contribution in [0.1, 0.15) is 5.56 Å². The number of halogens is 1. The molecule has 0 aliphatic heterocycles. The van der Waals surface area contributed by atoms with Gasteiger partial charge >= 0.3 is 0 Å². The molecule has 0 saturated carbocycles. The number of nitrogens with zero attached hydrogens (tertiary/aromatic N) is 1. The Morgan fingerprint density at radius 2 is 1.81 bits per heavy atom. The Morgan fingerprint density at radius 3 is 2.38 bits per heavy atom. The van der Waals surface area contributed by atoms with Gasteiger partial charge in [-0.15, -0.1) is 0 Å². The molecule has 2 aromatic rings. The van der Waals surface area contributed by atoms with Gasteiger partial charge in [0.2, 0.25) is 0 Å². The summed E-state index contributed by atoms with van der Waals surface area (Å²) in [4.78, 5) is 10.1. The Bertz CT molecular complexity index is 763. The fourth-order valence-corrected chi connectivity index (χ4v) is 2.53. The summed E-state index contributed by atoms with van der Waals surface area (Å²) in [5.74, 6) is 0. The van der Waals surface area contributed by atoms with E-state index in [9.17, 15) is 18.5 Å². The zero-order valence-electron chi connectivity index (χ0n) is 10.7. The van der Waals surface area contributed by atoms with Crippen LogP contribution in [0.5, 0.6) is 0 Å². The molecule has 0 heterocycles. The van der Waals surface area contributed by atoms with Gasteiger partial charge in [0, 0.05) is 23.3 Å². The van der Waals surface area contributed by atoms with Gasteiger partial charge in [0.1, 0.15) is 5.69 Å². The number of anilines is 1. The Morgan fingerprint density at radius 1 is 1.14 bits per heavy atom. The van der Waals surface area contributed by atoms with E-state index in [0.717, 1.165) is 11.6 Å². The number of nitro benzene ring substituents is 1. The van der Waals surface area contributed by atoms with Crippen LogP contribution in [0, 0.1) is 10.1 Å². The molecular formula is C13H11ClN2O4S. The van der Waals surface area contributed by atoms with Crippen molar-refractivity contribution in [3.8, 4) is 0 Å². The highest BCUT2D eigenvalue weighted by Crippen LogP contribution is 2.29. The molecule has 6 nitrogen and oxygen atoms in total. The van der Waals surface area contributed by atoms with Crippen LogP contribution < -0.4 is 5.32 Å². The minimum absolute atomic E-state index is 0.230.